The smallest absolute Gasteiger partial charge is 0.405 e. The van der Waals surface area contributed by atoms with Gasteiger partial charge in [0.25, 0.3) is 12.6 Å². The second-order valence-electron chi connectivity index (χ2n) is 6.79. The molecule has 212 valence electrons. The summed E-state index contributed by atoms with van der Waals surface area (Å²) in [6.45, 7) is 10.8. The van der Waals surface area contributed by atoms with E-state index in [9.17, 15) is 31.1 Å². The van der Waals surface area contributed by atoms with E-state index in [1.807, 2.05) is 27.7 Å². The maximum Gasteiger partial charge on any atom is 1.00 e. The first-order valence-electron chi connectivity index (χ1n) is 11.2. The third kappa shape index (κ3) is 15.0. The van der Waals surface area contributed by atoms with Crippen LogP contribution in [0, 0.1) is 26.6 Å². The summed E-state index contributed by atoms with van der Waals surface area (Å²) in [5, 5.41) is 3.08. The third-order valence-corrected chi connectivity index (χ3v) is 4.71. The predicted octanol–water partition coefficient (Wildman–Crippen LogP) is 4.47. The van der Waals surface area contributed by atoms with E-state index in [1.54, 1.807) is 0 Å². The first kappa shape index (κ1) is 41.6. The van der Waals surface area contributed by atoms with Crippen molar-refractivity contribution in [3.05, 3.63) is 72.5 Å². The summed E-state index contributed by atoms with van der Waals surface area (Å²) >= 11 is 5.90. The molecule has 0 aliphatic heterocycles. The molecule has 0 radical (unpaired) electrons. The molecule has 13 heteroatoms. The van der Waals surface area contributed by atoms with Crippen molar-refractivity contribution in [2.75, 3.05) is 18.4 Å². The number of aromatic nitrogens is 2. The fourth-order valence-corrected chi connectivity index (χ4v) is 2.99. The molecule has 0 aliphatic rings. The average molecular weight is 595 g/mol. The van der Waals surface area contributed by atoms with Crippen LogP contribution in [0.3, 0.4) is 0 Å². The number of nitrogens with one attached hydrogen (secondary N) is 1. The summed E-state index contributed by atoms with van der Waals surface area (Å²) in [6.07, 6.45) is -5.36. The van der Waals surface area contributed by atoms with E-state index >= 15 is 0 Å². The van der Waals surface area contributed by atoms with Crippen LogP contribution in [0.5, 0.6) is 0 Å². The molecule has 0 bridgehead atoms. The second kappa shape index (κ2) is 21.8. The van der Waals surface area contributed by atoms with Crippen molar-refractivity contribution in [3.63, 3.8) is 0 Å². The Labute approximate surface area is 269 Å². The number of carbonyl (C=O) groups excluding carboxylic acids is 1. The minimum atomic E-state index is -4.32. The summed E-state index contributed by atoms with van der Waals surface area (Å²) in [5.74, 6) is -0.393. The number of rotatable bonds is 10. The molecule has 1 N–H and O–H groups in total. The Balaban J connectivity index is -0.000000699. The van der Waals surface area contributed by atoms with Crippen LogP contribution in [-0.4, -0.2) is 40.5 Å². The molecule has 0 atom stereocenters. The van der Waals surface area contributed by atoms with Crippen molar-refractivity contribution in [3.8, 4) is 0 Å². The number of benzene rings is 1. The van der Waals surface area contributed by atoms with Crippen molar-refractivity contribution in [2.45, 2.75) is 59.7 Å². The number of halogens is 7. The van der Waals surface area contributed by atoms with Crippen LogP contribution in [0.4, 0.5) is 32.2 Å². The molecule has 2 rings (SSSR count). The van der Waals surface area contributed by atoms with E-state index in [0.717, 1.165) is 22.2 Å². The Kier molecular flexibility index (Phi) is 23.9. The van der Waals surface area contributed by atoms with Crippen molar-refractivity contribution < 1.29 is 82.5 Å². The molecule has 1 amide bonds. The maximum atomic E-state index is 14.1. The molecule has 0 saturated carbocycles. The Bertz CT molecular complexity index is 935. The minimum absolute atomic E-state index is 0. The predicted molar refractivity (Wildman–Crippen MR) is 136 cm³/mol. The van der Waals surface area contributed by atoms with E-state index in [4.69, 9.17) is 11.6 Å². The summed E-state index contributed by atoms with van der Waals surface area (Å²) in [4.78, 5) is 19.2. The molecule has 0 unspecified atom stereocenters. The minimum Gasteiger partial charge on any atom is -0.405 e. The Hall–Kier alpha value is -0.924. The van der Waals surface area contributed by atoms with Gasteiger partial charge in [0, 0.05) is 17.7 Å². The van der Waals surface area contributed by atoms with E-state index < -0.39 is 30.5 Å². The van der Waals surface area contributed by atoms with Crippen molar-refractivity contribution in [2.24, 2.45) is 0 Å². The van der Waals surface area contributed by atoms with Crippen LogP contribution < -0.4 is 56.7 Å². The largest absolute Gasteiger partial charge is 1.00 e. The molecule has 0 spiro atoms. The van der Waals surface area contributed by atoms with Gasteiger partial charge in [0.05, 0.1) is 11.3 Å². The zero-order valence-corrected chi connectivity index (χ0v) is 26.5. The van der Waals surface area contributed by atoms with Gasteiger partial charge in [0.1, 0.15) is 11.6 Å². The summed E-state index contributed by atoms with van der Waals surface area (Å²) in [6, 6.07) is 3.95. The topological polar surface area (TPSA) is 58.1 Å². The Morgan fingerprint density at radius 2 is 1.79 bits per heavy atom. The van der Waals surface area contributed by atoms with E-state index in [-0.39, 0.29) is 89.2 Å². The van der Waals surface area contributed by atoms with Crippen LogP contribution in [-0.2, 0) is 24.2 Å². The maximum absolute atomic E-state index is 14.1. The van der Waals surface area contributed by atoms with Crippen LogP contribution in [0.25, 0.3) is 0 Å². The number of alkyl halides is 5. The fourth-order valence-electron chi connectivity index (χ4n) is 2.80. The molecule has 2 aromatic rings. The van der Waals surface area contributed by atoms with Crippen LogP contribution in [0.1, 0.15) is 56.5 Å². The number of anilines is 1. The number of hydrogen-bond acceptors (Lipinski definition) is 4. The number of amides is 1. The van der Waals surface area contributed by atoms with Crippen LogP contribution in [0.15, 0.2) is 18.2 Å². The zero-order valence-electron chi connectivity index (χ0n) is 22.6. The Morgan fingerprint density at radius 1 is 1.18 bits per heavy atom. The van der Waals surface area contributed by atoms with Gasteiger partial charge in [-0.1, -0.05) is 52.4 Å². The van der Waals surface area contributed by atoms with Crippen molar-refractivity contribution >= 4 is 23.8 Å². The molecular weight excluding hydrogens is 561 g/mol. The molecular formula is C25H34ClF6KN4O-2. The number of hydrogen-bond donors (Lipinski definition) is 1. The van der Waals surface area contributed by atoms with Crippen LogP contribution in [0.2, 0.25) is 5.28 Å². The monoisotopic (exact) mass is 594 g/mol. The van der Waals surface area contributed by atoms with Gasteiger partial charge in [-0.05, 0) is 24.4 Å². The summed E-state index contributed by atoms with van der Waals surface area (Å²) in [7, 11) is 0. The first-order chi connectivity index (χ1) is 17.0. The van der Waals surface area contributed by atoms with E-state index in [2.05, 4.69) is 22.2 Å². The first-order valence-corrected chi connectivity index (χ1v) is 11.6. The van der Waals surface area contributed by atoms with Gasteiger partial charge in [-0.3, -0.25) is 4.79 Å². The van der Waals surface area contributed by atoms with Gasteiger partial charge in [-0.25, -0.2) is 42.7 Å². The molecule has 0 aliphatic carbocycles. The second-order valence-corrected chi connectivity index (χ2v) is 7.13. The summed E-state index contributed by atoms with van der Waals surface area (Å²) < 4.78 is 74.0. The fraction of sp³-hybridized carbons (Fsp3) is 0.440. The molecule has 5 nitrogen and oxygen atoms in total. The SMILES string of the molecule is CC.CCc1nc(Cl)nc(NCc2cccc(C(F)F)c2F)c1CC.[CH2-]CN(C=O)C[CH-]C(F)(F)F.[CH3-].[K+]. The third-order valence-electron chi connectivity index (χ3n) is 4.54. The molecule has 1 heterocycles. The van der Waals surface area contributed by atoms with Gasteiger partial charge in [-0.2, -0.15) is 0 Å². The van der Waals surface area contributed by atoms with Gasteiger partial charge < -0.3 is 24.6 Å². The van der Waals surface area contributed by atoms with Crippen molar-refractivity contribution in [1.82, 2.24) is 14.9 Å². The molecule has 0 saturated heterocycles. The molecule has 1 aromatic carbocycles. The van der Waals surface area contributed by atoms with Crippen molar-refractivity contribution in [1.29, 1.82) is 0 Å². The molecule has 1 aromatic heterocycles. The average Bonchev–Trinajstić information content (AvgIpc) is 2.84. The number of aryl methyl sites for hydroxylation is 1. The van der Waals surface area contributed by atoms with E-state index in [0.29, 0.717) is 25.1 Å². The van der Waals surface area contributed by atoms with Gasteiger partial charge in [-0.15, -0.1) is 6.54 Å². The molecule has 38 heavy (non-hydrogen) atoms. The van der Waals surface area contributed by atoms with Gasteiger partial charge in [0.15, 0.2) is 0 Å². The van der Waals surface area contributed by atoms with Gasteiger partial charge in [0.2, 0.25) is 11.7 Å². The van der Waals surface area contributed by atoms with Crippen LogP contribution >= 0.6 is 11.6 Å². The van der Waals surface area contributed by atoms with Gasteiger partial charge >= 0.3 is 51.4 Å². The summed E-state index contributed by atoms with van der Waals surface area (Å²) in [5.41, 5.74) is 1.26. The Morgan fingerprint density at radius 3 is 2.24 bits per heavy atom. The standard InChI is InChI=1S/C16H17ClF3N3.C6H8F3NO.C2H6.CH3.K/c1-3-10-12(4-2)22-16(17)23-15(10)21-8-9-6-5-7-11(13(9)18)14(19)20;1-2-10(5-11)4-3-6(7,8)9;1-2;;/h5-7,14H,3-4,8H2,1-2H3,(H,21,22,23);3,5H,1-2,4H2;1-2H3;1H3;/q;-2;;-1;+1. The zero-order chi connectivity index (χ0) is 27.9. The molecule has 0 fully saturated rings. The normalized spacial score (nSPS) is 10.1. The quantitative estimate of drug-likeness (QED) is 0.145. The number of carbonyl (C=O) groups is 1. The number of nitrogens with zero attached hydrogens (tertiary/aromatic N) is 3. The van der Waals surface area contributed by atoms with E-state index in [1.165, 1.54) is 12.1 Å².